The fourth-order valence-electron chi connectivity index (χ4n) is 5.77. The largest absolute Gasteiger partial charge is 0.361 e. The fourth-order valence-corrected chi connectivity index (χ4v) is 7.58. The van der Waals surface area contributed by atoms with Gasteiger partial charge in [0, 0.05) is 46.0 Å². The Kier molecular flexibility index (Phi) is 7.22. The number of para-hydroxylation sites is 2. The average Bonchev–Trinajstić information content (AvgIpc) is 3.82. The van der Waals surface area contributed by atoms with Crippen LogP contribution in [0.3, 0.4) is 0 Å². The lowest BCUT2D eigenvalue weighted by atomic mass is 9.82. The summed E-state index contributed by atoms with van der Waals surface area (Å²) >= 11 is 2.89. The first-order chi connectivity index (χ1) is 20.6. The highest BCUT2D eigenvalue weighted by Crippen LogP contribution is 2.43. The number of aromatic nitrogens is 6. The highest BCUT2D eigenvalue weighted by Gasteiger charge is 2.29. The van der Waals surface area contributed by atoms with Gasteiger partial charge in [-0.3, -0.25) is 9.59 Å². The molecule has 2 aromatic carbocycles. The lowest BCUT2D eigenvalue weighted by molar-refractivity contribution is -0.116. The molecule has 42 heavy (non-hydrogen) atoms. The van der Waals surface area contributed by atoms with Gasteiger partial charge in [-0.2, -0.15) is 0 Å². The van der Waals surface area contributed by atoms with Crippen molar-refractivity contribution in [3.8, 4) is 0 Å². The maximum atomic E-state index is 12.7. The monoisotopic (exact) mass is 596 g/mol. The summed E-state index contributed by atoms with van der Waals surface area (Å²) in [5.41, 5.74) is 3.93. The maximum Gasteiger partial charge on any atom is 0.230 e. The highest BCUT2D eigenvalue weighted by molar-refractivity contribution is 7.15. The molecule has 0 unspecified atom stereocenters. The molecule has 1 saturated carbocycles. The molecule has 4 heterocycles. The molecule has 10 nitrogen and oxygen atoms in total. The number of amides is 2. The van der Waals surface area contributed by atoms with Gasteiger partial charge < -0.3 is 20.6 Å². The number of fused-ring (bicyclic) bond motifs is 2. The quantitative estimate of drug-likeness (QED) is 0.166. The van der Waals surface area contributed by atoms with Gasteiger partial charge in [0.25, 0.3) is 0 Å². The summed E-state index contributed by atoms with van der Waals surface area (Å²) in [6.45, 7) is 0. The topological polar surface area (TPSA) is 141 Å². The Morgan fingerprint density at radius 3 is 1.69 bits per heavy atom. The van der Waals surface area contributed by atoms with Crippen molar-refractivity contribution >= 4 is 66.6 Å². The molecule has 0 bridgehead atoms. The van der Waals surface area contributed by atoms with E-state index in [0.29, 0.717) is 10.3 Å². The summed E-state index contributed by atoms with van der Waals surface area (Å²) in [5, 5.41) is 28.2. The molecule has 1 aliphatic carbocycles. The van der Waals surface area contributed by atoms with E-state index < -0.39 is 0 Å². The van der Waals surface area contributed by atoms with Crippen LogP contribution in [-0.2, 0) is 22.4 Å². The molecule has 12 heteroatoms. The van der Waals surface area contributed by atoms with E-state index >= 15 is 0 Å². The lowest BCUT2D eigenvalue weighted by Crippen LogP contribution is -2.14. The minimum atomic E-state index is -0.114. The minimum absolute atomic E-state index is 0.114. The van der Waals surface area contributed by atoms with E-state index in [1.54, 1.807) is 0 Å². The molecule has 0 saturated heterocycles. The minimum Gasteiger partial charge on any atom is -0.361 e. The first-order valence-corrected chi connectivity index (χ1v) is 15.6. The number of nitrogens with zero attached hydrogens (tertiary/aromatic N) is 4. The van der Waals surface area contributed by atoms with Crippen molar-refractivity contribution in [3.63, 3.8) is 0 Å². The zero-order valence-electron chi connectivity index (χ0n) is 22.6. The summed E-state index contributed by atoms with van der Waals surface area (Å²) < 4.78 is 0. The summed E-state index contributed by atoms with van der Waals surface area (Å²) in [4.78, 5) is 31.9. The zero-order chi connectivity index (χ0) is 28.5. The molecule has 0 radical (unpaired) electrons. The molecular weight excluding hydrogens is 569 g/mol. The Labute approximate surface area is 249 Å². The van der Waals surface area contributed by atoms with E-state index in [2.05, 4.69) is 41.0 Å². The van der Waals surface area contributed by atoms with Gasteiger partial charge in [-0.25, -0.2) is 0 Å². The van der Waals surface area contributed by atoms with Crippen molar-refractivity contribution in [3.05, 3.63) is 82.1 Å². The van der Waals surface area contributed by atoms with Crippen LogP contribution < -0.4 is 10.6 Å². The highest BCUT2D eigenvalue weighted by atomic mass is 32.1. The Morgan fingerprint density at radius 1 is 0.714 bits per heavy atom. The number of carbonyl (C=O) groups is 2. The number of nitrogens with one attached hydrogen (secondary N) is 4. The summed E-state index contributed by atoms with van der Waals surface area (Å²) in [6.07, 6.45) is 8.25. The van der Waals surface area contributed by atoms with Gasteiger partial charge in [-0.1, -0.05) is 65.5 Å². The van der Waals surface area contributed by atoms with E-state index in [9.17, 15) is 9.59 Å². The fraction of sp³-hybridized carbons (Fsp3) is 0.267. The van der Waals surface area contributed by atoms with Crippen LogP contribution >= 0.6 is 22.7 Å². The van der Waals surface area contributed by atoms with Gasteiger partial charge in [0.2, 0.25) is 22.1 Å². The number of H-pyrrole nitrogens is 2. The second-order valence-corrected chi connectivity index (χ2v) is 12.6. The Balaban J connectivity index is 0.949. The number of hydrogen-bond donors (Lipinski definition) is 4. The van der Waals surface area contributed by atoms with Crippen LogP contribution in [0.1, 0.15) is 58.7 Å². The van der Waals surface area contributed by atoms with Crippen LogP contribution in [0.5, 0.6) is 0 Å². The third kappa shape index (κ3) is 5.55. The van der Waals surface area contributed by atoms with Gasteiger partial charge in [0.15, 0.2) is 0 Å². The molecule has 212 valence electrons. The van der Waals surface area contributed by atoms with Crippen LogP contribution in [0.2, 0.25) is 0 Å². The van der Waals surface area contributed by atoms with Crippen molar-refractivity contribution in [2.45, 2.75) is 50.4 Å². The van der Waals surface area contributed by atoms with Gasteiger partial charge in [0.05, 0.1) is 12.8 Å². The van der Waals surface area contributed by atoms with Crippen LogP contribution in [0.4, 0.5) is 10.3 Å². The Bertz CT molecular complexity index is 1750. The average molecular weight is 597 g/mol. The van der Waals surface area contributed by atoms with E-state index in [1.165, 1.54) is 22.7 Å². The smallest absolute Gasteiger partial charge is 0.230 e. The number of benzene rings is 2. The molecule has 0 aliphatic heterocycles. The van der Waals surface area contributed by atoms with Gasteiger partial charge in [-0.15, -0.1) is 20.4 Å². The zero-order valence-corrected chi connectivity index (χ0v) is 24.2. The van der Waals surface area contributed by atoms with Crippen LogP contribution in [0.15, 0.2) is 60.9 Å². The van der Waals surface area contributed by atoms with Crippen molar-refractivity contribution in [1.29, 1.82) is 0 Å². The van der Waals surface area contributed by atoms with Gasteiger partial charge >= 0.3 is 0 Å². The third-order valence-corrected chi connectivity index (χ3v) is 9.80. The van der Waals surface area contributed by atoms with Crippen molar-refractivity contribution in [2.75, 3.05) is 10.6 Å². The first kappa shape index (κ1) is 26.5. The second kappa shape index (κ2) is 11.5. The van der Waals surface area contributed by atoms with Crippen LogP contribution in [0.25, 0.3) is 21.8 Å². The van der Waals surface area contributed by atoms with Gasteiger partial charge in [0.1, 0.15) is 10.0 Å². The Hall–Kier alpha value is -4.42. The first-order valence-electron chi connectivity index (χ1n) is 14.0. The summed E-state index contributed by atoms with van der Waals surface area (Å²) in [7, 11) is 0. The molecule has 6 aromatic rings. The number of carbonyl (C=O) groups excluding carboxylic acids is 2. The van der Waals surface area contributed by atoms with Gasteiger partial charge in [-0.05, 0) is 42.5 Å². The molecule has 4 N–H and O–H groups in total. The molecule has 1 fully saturated rings. The summed E-state index contributed by atoms with van der Waals surface area (Å²) in [5.74, 6) is 0.253. The van der Waals surface area contributed by atoms with E-state index in [-0.39, 0.29) is 36.5 Å². The molecular formula is C30H28N8O2S2. The Morgan fingerprint density at radius 2 is 1.19 bits per heavy atom. The van der Waals surface area contributed by atoms with E-state index in [4.69, 9.17) is 0 Å². The molecule has 4 aromatic heterocycles. The van der Waals surface area contributed by atoms with Crippen LogP contribution in [-0.4, -0.2) is 42.2 Å². The van der Waals surface area contributed by atoms with E-state index in [1.807, 2.05) is 60.9 Å². The van der Waals surface area contributed by atoms with E-state index in [0.717, 1.165) is 68.6 Å². The summed E-state index contributed by atoms with van der Waals surface area (Å²) in [6, 6.07) is 15.9. The molecule has 7 rings (SSSR count). The third-order valence-electron chi connectivity index (χ3n) is 7.80. The SMILES string of the molecule is O=C(Cc1c[nH]c2ccccc12)Nc1nnc([C@@H]2CCC[C@@H](c3nnc(NC(=O)Cc4c[nH]c5ccccc45)s3)C2)s1. The van der Waals surface area contributed by atoms with Crippen molar-refractivity contribution in [1.82, 2.24) is 30.4 Å². The predicted octanol–water partition coefficient (Wildman–Crippen LogP) is 6.16. The number of aromatic amines is 2. The van der Waals surface area contributed by atoms with Crippen molar-refractivity contribution in [2.24, 2.45) is 0 Å². The molecule has 2 amide bonds. The lowest BCUT2D eigenvalue weighted by Gasteiger charge is -2.25. The normalized spacial score (nSPS) is 17.0. The second-order valence-electron chi connectivity index (χ2n) is 10.6. The van der Waals surface area contributed by atoms with Crippen molar-refractivity contribution < 1.29 is 9.59 Å². The number of anilines is 2. The molecule has 1 aliphatic rings. The standard InChI is InChI=1S/C30H28N8O2S2/c39-25(13-19-15-31-23-10-3-1-8-21(19)23)33-29-37-35-27(41-29)17-6-5-7-18(12-17)28-36-38-30(42-28)34-26(40)14-20-16-32-24-11-4-2-9-22(20)24/h1-4,8-11,15-18,31-32H,5-7,12-14H2,(H,33,37,39)(H,34,38,40)/t17-,18-/m1/s1. The number of hydrogen-bond acceptors (Lipinski definition) is 8. The van der Waals surface area contributed by atoms with Crippen LogP contribution in [0, 0.1) is 0 Å². The molecule has 0 spiro atoms. The molecule has 2 atom stereocenters. The maximum absolute atomic E-state index is 12.7. The number of rotatable bonds is 8. The predicted molar refractivity (Wildman–Crippen MR) is 165 cm³/mol.